The maximum absolute atomic E-state index is 12.7. The number of halogens is 1. The van der Waals surface area contributed by atoms with Gasteiger partial charge in [0.25, 0.3) is 0 Å². The average Bonchev–Trinajstić information content (AvgIpc) is 3.13. The number of hydrogen-bond acceptors (Lipinski definition) is 4. The third-order valence-electron chi connectivity index (χ3n) is 5.28. The highest BCUT2D eigenvalue weighted by Gasteiger charge is 2.36. The molecule has 1 heterocycles. The van der Waals surface area contributed by atoms with Crippen molar-refractivity contribution in [3.63, 3.8) is 0 Å². The van der Waals surface area contributed by atoms with Crippen molar-refractivity contribution in [3.8, 4) is 5.75 Å². The Balaban J connectivity index is 0.00000261. The molecule has 1 amide bonds. The summed E-state index contributed by atoms with van der Waals surface area (Å²) in [7, 11) is 1.63. The van der Waals surface area contributed by atoms with Gasteiger partial charge in [0.05, 0.1) is 13.2 Å². The first kappa shape index (κ1) is 21.2. The molecule has 146 valence electrons. The molecule has 1 aliphatic rings. The third-order valence-corrected chi connectivity index (χ3v) is 5.28. The molecule has 2 aromatic carbocycles. The number of rotatable bonds is 6. The van der Waals surface area contributed by atoms with Crippen LogP contribution in [0.4, 0.5) is 5.69 Å². The molecule has 1 saturated heterocycles. The summed E-state index contributed by atoms with van der Waals surface area (Å²) in [6, 6.07) is 17.6. The van der Waals surface area contributed by atoms with E-state index in [9.17, 15) is 4.79 Å². The Bertz CT molecular complexity index is 724. The molecule has 0 aromatic heterocycles. The van der Waals surface area contributed by atoms with Crippen molar-refractivity contribution in [2.75, 3.05) is 32.1 Å². The standard InChI is InChI=1S/C21H27N3O2.ClH/c1-15(21(25)23-18-8-10-19(26-2)11-9-18)24-13-17(12-22)20(14-24)16-6-4-3-5-7-16;/h3-11,15,17,20H,12-14,22H2,1-2H3,(H,23,25);1H/t15?,17-,20+;/m1./s1. The molecule has 0 bridgehead atoms. The van der Waals surface area contributed by atoms with E-state index in [2.05, 4.69) is 34.5 Å². The lowest BCUT2D eigenvalue weighted by atomic mass is 9.89. The van der Waals surface area contributed by atoms with Crippen molar-refractivity contribution in [1.82, 2.24) is 4.90 Å². The number of anilines is 1. The lowest BCUT2D eigenvalue weighted by Gasteiger charge is -2.23. The van der Waals surface area contributed by atoms with Gasteiger partial charge in [-0.25, -0.2) is 0 Å². The van der Waals surface area contributed by atoms with E-state index in [0.29, 0.717) is 18.4 Å². The Morgan fingerprint density at radius 2 is 1.85 bits per heavy atom. The van der Waals surface area contributed by atoms with Gasteiger partial charge in [-0.3, -0.25) is 9.69 Å². The van der Waals surface area contributed by atoms with E-state index in [4.69, 9.17) is 10.5 Å². The molecule has 1 fully saturated rings. The first-order valence-corrected chi connectivity index (χ1v) is 9.06. The maximum Gasteiger partial charge on any atom is 0.241 e. The molecule has 1 unspecified atom stereocenters. The Morgan fingerprint density at radius 1 is 1.19 bits per heavy atom. The van der Waals surface area contributed by atoms with Gasteiger partial charge in [-0.1, -0.05) is 30.3 Å². The van der Waals surface area contributed by atoms with Crippen LogP contribution in [0, 0.1) is 5.92 Å². The van der Waals surface area contributed by atoms with E-state index in [-0.39, 0.29) is 24.4 Å². The van der Waals surface area contributed by atoms with Crippen molar-refractivity contribution >= 4 is 24.0 Å². The number of carbonyl (C=O) groups excluding carboxylic acids is 1. The molecular weight excluding hydrogens is 362 g/mol. The van der Waals surface area contributed by atoms with Gasteiger partial charge < -0.3 is 15.8 Å². The van der Waals surface area contributed by atoms with Gasteiger partial charge in [0.15, 0.2) is 0 Å². The van der Waals surface area contributed by atoms with Gasteiger partial charge in [0.2, 0.25) is 5.91 Å². The molecule has 27 heavy (non-hydrogen) atoms. The molecular formula is C21H28ClN3O2. The number of carbonyl (C=O) groups is 1. The van der Waals surface area contributed by atoms with Gasteiger partial charge in [-0.2, -0.15) is 0 Å². The largest absolute Gasteiger partial charge is 0.497 e. The van der Waals surface area contributed by atoms with Crippen LogP contribution in [0.2, 0.25) is 0 Å². The number of methoxy groups -OCH3 is 1. The number of nitrogens with one attached hydrogen (secondary N) is 1. The van der Waals surface area contributed by atoms with E-state index in [1.165, 1.54) is 5.56 Å². The quantitative estimate of drug-likeness (QED) is 0.796. The maximum atomic E-state index is 12.7. The summed E-state index contributed by atoms with van der Waals surface area (Å²) in [5.41, 5.74) is 8.09. The highest BCUT2D eigenvalue weighted by atomic mass is 35.5. The number of amides is 1. The molecule has 1 aliphatic heterocycles. The van der Waals surface area contributed by atoms with E-state index >= 15 is 0 Å². The Kier molecular flexibility index (Phi) is 7.66. The van der Waals surface area contributed by atoms with Crippen molar-refractivity contribution in [2.24, 2.45) is 11.7 Å². The Labute approximate surface area is 167 Å². The molecule has 6 heteroatoms. The zero-order chi connectivity index (χ0) is 18.5. The second-order valence-electron chi connectivity index (χ2n) is 6.86. The minimum absolute atomic E-state index is 0. The van der Waals surface area contributed by atoms with Crippen LogP contribution in [0.5, 0.6) is 5.75 Å². The lowest BCUT2D eigenvalue weighted by molar-refractivity contribution is -0.120. The summed E-state index contributed by atoms with van der Waals surface area (Å²) in [6.07, 6.45) is 0. The third kappa shape index (κ3) is 5.01. The van der Waals surface area contributed by atoms with Crippen molar-refractivity contribution in [3.05, 3.63) is 60.2 Å². The molecule has 0 saturated carbocycles. The van der Waals surface area contributed by atoms with Crippen LogP contribution >= 0.6 is 12.4 Å². The Hall–Kier alpha value is -2.08. The monoisotopic (exact) mass is 389 g/mol. The second kappa shape index (κ2) is 9.74. The molecule has 0 spiro atoms. The van der Waals surface area contributed by atoms with E-state index in [1.807, 2.05) is 37.3 Å². The Morgan fingerprint density at radius 3 is 2.44 bits per heavy atom. The number of nitrogens with two attached hydrogens (primary N) is 1. The minimum Gasteiger partial charge on any atom is -0.497 e. The van der Waals surface area contributed by atoms with E-state index in [1.54, 1.807) is 7.11 Å². The van der Waals surface area contributed by atoms with Gasteiger partial charge in [0.1, 0.15) is 5.75 Å². The number of hydrogen-bond donors (Lipinski definition) is 2. The molecule has 3 atom stereocenters. The fourth-order valence-electron chi connectivity index (χ4n) is 3.62. The summed E-state index contributed by atoms with van der Waals surface area (Å²) in [6.45, 7) is 4.28. The highest BCUT2D eigenvalue weighted by molar-refractivity contribution is 5.94. The molecule has 3 N–H and O–H groups in total. The van der Waals surface area contributed by atoms with Gasteiger partial charge in [-0.15, -0.1) is 12.4 Å². The van der Waals surface area contributed by atoms with Crippen LogP contribution in [-0.4, -0.2) is 43.6 Å². The zero-order valence-electron chi connectivity index (χ0n) is 15.8. The average molecular weight is 390 g/mol. The van der Waals surface area contributed by atoms with Crippen LogP contribution in [0.3, 0.4) is 0 Å². The summed E-state index contributed by atoms with van der Waals surface area (Å²) in [4.78, 5) is 14.9. The van der Waals surface area contributed by atoms with Crippen molar-refractivity contribution in [1.29, 1.82) is 0 Å². The summed E-state index contributed by atoms with van der Waals surface area (Å²) in [5.74, 6) is 1.51. The summed E-state index contributed by atoms with van der Waals surface area (Å²) < 4.78 is 5.15. The molecule has 3 rings (SSSR count). The highest BCUT2D eigenvalue weighted by Crippen LogP contribution is 2.33. The van der Waals surface area contributed by atoms with E-state index < -0.39 is 0 Å². The van der Waals surface area contributed by atoms with Crippen LogP contribution in [0.1, 0.15) is 18.4 Å². The van der Waals surface area contributed by atoms with Crippen LogP contribution < -0.4 is 15.8 Å². The fraction of sp³-hybridized carbons (Fsp3) is 0.381. The van der Waals surface area contributed by atoms with Gasteiger partial charge in [-0.05, 0) is 49.2 Å². The predicted molar refractivity (Wildman–Crippen MR) is 112 cm³/mol. The molecule has 0 radical (unpaired) electrons. The van der Waals surface area contributed by atoms with Crippen molar-refractivity contribution < 1.29 is 9.53 Å². The first-order valence-electron chi connectivity index (χ1n) is 9.06. The zero-order valence-corrected chi connectivity index (χ0v) is 16.6. The molecule has 5 nitrogen and oxygen atoms in total. The van der Waals surface area contributed by atoms with Crippen LogP contribution in [0.25, 0.3) is 0 Å². The van der Waals surface area contributed by atoms with Crippen molar-refractivity contribution in [2.45, 2.75) is 18.9 Å². The predicted octanol–water partition coefficient (Wildman–Crippen LogP) is 3.12. The number of likely N-dealkylation sites (tertiary alicyclic amines) is 1. The fourth-order valence-corrected chi connectivity index (χ4v) is 3.62. The van der Waals surface area contributed by atoms with Crippen LogP contribution in [-0.2, 0) is 4.79 Å². The number of ether oxygens (including phenoxy) is 1. The lowest BCUT2D eigenvalue weighted by Crippen LogP contribution is -2.41. The first-order chi connectivity index (χ1) is 12.6. The number of benzene rings is 2. The van der Waals surface area contributed by atoms with Crippen LogP contribution in [0.15, 0.2) is 54.6 Å². The minimum atomic E-state index is -0.208. The molecule has 2 aromatic rings. The smallest absolute Gasteiger partial charge is 0.241 e. The SMILES string of the molecule is COc1ccc(NC(=O)C(C)N2C[C@@H](CN)[C@H](c3ccccc3)C2)cc1.Cl. The summed E-state index contributed by atoms with van der Waals surface area (Å²) >= 11 is 0. The normalized spacial score (nSPS) is 20.6. The number of nitrogens with zero attached hydrogens (tertiary/aromatic N) is 1. The van der Waals surface area contributed by atoms with Gasteiger partial charge in [0, 0.05) is 24.7 Å². The van der Waals surface area contributed by atoms with E-state index in [0.717, 1.165) is 24.5 Å². The second-order valence-corrected chi connectivity index (χ2v) is 6.86. The molecule has 0 aliphatic carbocycles. The topological polar surface area (TPSA) is 67.6 Å². The summed E-state index contributed by atoms with van der Waals surface area (Å²) in [5, 5.41) is 2.99. The van der Waals surface area contributed by atoms with Gasteiger partial charge >= 0.3 is 0 Å².